The molecule has 4 aromatic rings. The Hall–Kier alpha value is -3.22. The minimum absolute atomic E-state index is 0.123. The molecule has 0 radical (unpaired) electrons. The van der Waals surface area contributed by atoms with Crippen molar-refractivity contribution in [2.45, 2.75) is 25.8 Å². The summed E-state index contributed by atoms with van der Waals surface area (Å²) >= 11 is 0. The van der Waals surface area contributed by atoms with Gasteiger partial charge in [0, 0.05) is 12.4 Å². The van der Waals surface area contributed by atoms with E-state index in [1.54, 1.807) is 6.20 Å². The summed E-state index contributed by atoms with van der Waals surface area (Å²) in [7, 11) is 0. The van der Waals surface area contributed by atoms with Gasteiger partial charge in [-0.25, -0.2) is 4.68 Å². The number of furan rings is 1. The minimum Gasteiger partial charge on any atom is -0.453 e. The van der Waals surface area contributed by atoms with Crippen molar-refractivity contribution in [2.24, 2.45) is 5.92 Å². The molecule has 1 aliphatic rings. The molecule has 26 heavy (non-hydrogen) atoms. The van der Waals surface area contributed by atoms with E-state index >= 15 is 0 Å². The highest BCUT2D eigenvalue weighted by atomic mass is 16.3. The van der Waals surface area contributed by atoms with Crippen LogP contribution in [0.25, 0.3) is 22.9 Å². The molecule has 0 aliphatic heterocycles. The Bertz CT molecular complexity index is 1030. The number of aromatic amines is 1. The van der Waals surface area contributed by atoms with E-state index in [-0.39, 0.29) is 6.04 Å². The Morgan fingerprint density at radius 3 is 2.81 bits per heavy atom. The summed E-state index contributed by atoms with van der Waals surface area (Å²) in [4.78, 5) is 4.57. The van der Waals surface area contributed by atoms with Crippen LogP contribution in [0.1, 0.15) is 30.1 Å². The Kier molecular flexibility index (Phi) is 3.44. The van der Waals surface area contributed by atoms with Crippen LogP contribution in [0.15, 0.2) is 53.3 Å². The first-order valence-electron chi connectivity index (χ1n) is 8.72. The molecule has 0 amide bonds. The molecule has 4 aromatic heterocycles. The lowest BCUT2D eigenvalue weighted by molar-refractivity contribution is 0.448. The monoisotopic (exact) mass is 346 g/mol. The zero-order chi connectivity index (χ0) is 17.5. The Labute approximate surface area is 150 Å². The van der Waals surface area contributed by atoms with E-state index in [2.05, 4.69) is 38.5 Å². The van der Waals surface area contributed by atoms with Crippen molar-refractivity contribution in [3.05, 3.63) is 60.2 Å². The van der Waals surface area contributed by atoms with Crippen LogP contribution < -0.4 is 0 Å². The van der Waals surface area contributed by atoms with Crippen molar-refractivity contribution < 1.29 is 4.42 Å². The van der Waals surface area contributed by atoms with E-state index in [9.17, 15) is 0 Å². The Morgan fingerprint density at radius 1 is 1.15 bits per heavy atom. The van der Waals surface area contributed by atoms with Gasteiger partial charge in [-0.3, -0.25) is 10.1 Å². The summed E-state index contributed by atoms with van der Waals surface area (Å²) in [5, 5.41) is 15.6. The fraction of sp³-hybridized carbons (Fsp3) is 0.263. The van der Waals surface area contributed by atoms with Gasteiger partial charge < -0.3 is 4.42 Å². The number of pyridine rings is 1. The molecule has 5 rings (SSSR count). The highest BCUT2D eigenvalue weighted by molar-refractivity contribution is 5.59. The number of nitrogens with zero attached hydrogens (tertiary/aromatic N) is 5. The molecule has 1 fully saturated rings. The second-order valence-corrected chi connectivity index (χ2v) is 6.76. The average molecular weight is 346 g/mol. The highest BCUT2D eigenvalue weighted by Gasteiger charge is 2.35. The van der Waals surface area contributed by atoms with Gasteiger partial charge >= 0.3 is 0 Å². The van der Waals surface area contributed by atoms with Gasteiger partial charge in [-0.15, -0.1) is 5.10 Å². The number of aryl methyl sites for hydroxylation is 1. The summed E-state index contributed by atoms with van der Waals surface area (Å²) in [5.41, 5.74) is 3.80. The molecule has 1 N–H and O–H groups in total. The number of nitrogens with one attached hydrogen (secondary N) is 1. The third-order valence-electron chi connectivity index (χ3n) is 4.73. The van der Waals surface area contributed by atoms with Crippen LogP contribution in [0.3, 0.4) is 0 Å². The first-order chi connectivity index (χ1) is 12.8. The lowest BCUT2D eigenvalue weighted by Gasteiger charge is -2.15. The van der Waals surface area contributed by atoms with Crippen LogP contribution in [-0.2, 0) is 0 Å². The van der Waals surface area contributed by atoms with E-state index in [0.717, 1.165) is 17.1 Å². The van der Waals surface area contributed by atoms with Crippen molar-refractivity contribution in [3.8, 4) is 22.9 Å². The van der Waals surface area contributed by atoms with Gasteiger partial charge in [-0.2, -0.15) is 5.10 Å². The highest BCUT2D eigenvalue weighted by Crippen LogP contribution is 2.43. The normalized spacial score (nSPS) is 15.3. The Morgan fingerprint density at radius 2 is 2.04 bits per heavy atom. The zero-order valence-electron chi connectivity index (χ0n) is 14.3. The molecule has 7 nitrogen and oxygen atoms in total. The van der Waals surface area contributed by atoms with Gasteiger partial charge in [-0.05, 0) is 61.6 Å². The summed E-state index contributed by atoms with van der Waals surface area (Å²) < 4.78 is 7.83. The fourth-order valence-corrected chi connectivity index (χ4v) is 3.27. The minimum atomic E-state index is 0.123. The topological polar surface area (TPSA) is 85.4 Å². The maximum atomic E-state index is 5.91. The second-order valence-electron chi connectivity index (χ2n) is 6.76. The molecule has 0 spiro atoms. The molecule has 1 saturated carbocycles. The quantitative estimate of drug-likeness (QED) is 0.596. The van der Waals surface area contributed by atoms with Crippen LogP contribution in [0.5, 0.6) is 0 Å². The van der Waals surface area contributed by atoms with Crippen molar-refractivity contribution in [3.63, 3.8) is 0 Å². The molecule has 130 valence electrons. The SMILES string of the molecule is Cc1ccnc([C@@H](C2CC2)n2cc(-c3ccc(-c4ccn[nH]4)o3)nn2)c1. The van der Waals surface area contributed by atoms with Crippen molar-refractivity contribution >= 4 is 0 Å². The number of hydrogen-bond donors (Lipinski definition) is 1. The molecule has 0 saturated heterocycles. The molecule has 0 bridgehead atoms. The van der Waals surface area contributed by atoms with E-state index in [0.29, 0.717) is 17.4 Å². The molecular formula is C19H18N6O. The zero-order valence-corrected chi connectivity index (χ0v) is 14.3. The van der Waals surface area contributed by atoms with Crippen molar-refractivity contribution in [1.29, 1.82) is 0 Å². The molecule has 7 heteroatoms. The predicted octanol–water partition coefficient (Wildman–Crippen LogP) is 3.63. The van der Waals surface area contributed by atoms with Crippen LogP contribution in [-0.4, -0.2) is 30.2 Å². The molecule has 0 aromatic carbocycles. The lowest BCUT2D eigenvalue weighted by atomic mass is 10.1. The number of hydrogen-bond acceptors (Lipinski definition) is 5. The number of rotatable bonds is 5. The summed E-state index contributed by atoms with van der Waals surface area (Å²) in [6, 6.07) is 9.95. The van der Waals surface area contributed by atoms with Crippen LogP contribution >= 0.6 is 0 Å². The smallest absolute Gasteiger partial charge is 0.156 e. The third kappa shape index (κ3) is 2.71. The van der Waals surface area contributed by atoms with Gasteiger partial charge in [0.25, 0.3) is 0 Å². The van der Waals surface area contributed by atoms with Gasteiger partial charge in [0.15, 0.2) is 11.5 Å². The standard InChI is InChI=1S/C19H18N6O/c1-12-6-8-20-15(10-12)19(13-2-3-13)25-11-16(23-24-25)18-5-4-17(26-18)14-7-9-21-22-14/h4-11,13,19H,2-3H2,1H3,(H,21,22)/t19-/m1/s1. The van der Waals surface area contributed by atoms with Crippen molar-refractivity contribution in [2.75, 3.05) is 0 Å². The maximum Gasteiger partial charge on any atom is 0.156 e. The van der Waals surface area contributed by atoms with Crippen LogP contribution in [0, 0.1) is 12.8 Å². The van der Waals surface area contributed by atoms with Crippen LogP contribution in [0.2, 0.25) is 0 Å². The van der Waals surface area contributed by atoms with E-state index < -0.39 is 0 Å². The first-order valence-corrected chi connectivity index (χ1v) is 8.72. The van der Waals surface area contributed by atoms with Gasteiger partial charge in [-0.1, -0.05) is 5.21 Å². The first kappa shape index (κ1) is 15.1. The summed E-state index contributed by atoms with van der Waals surface area (Å²) in [6.45, 7) is 2.09. The number of H-pyrrole nitrogens is 1. The van der Waals surface area contributed by atoms with E-state index in [1.165, 1.54) is 18.4 Å². The summed E-state index contributed by atoms with van der Waals surface area (Å²) in [6.07, 6.45) is 7.90. The average Bonchev–Trinajstić information content (AvgIpc) is 3.10. The Balaban J connectivity index is 1.47. The number of aromatic nitrogens is 6. The molecule has 1 aliphatic carbocycles. The van der Waals surface area contributed by atoms with Crippen molar-refractivity contribution in [1.82, 2.24) is 30.2 Å². The van der Waals surface area contributed by atoms with E-state index in [1.807, 2.05) is 41.3 Å². The summed E-state index contributed by atoms with van der Waals surface area (Å²) in [5.74, 6) is 1.98. The van der Waals surface area contributed by atoms with Crippen LogP contribution in [0.4, 0.5) is 0 Å². The lowest BCUT2D eigenvalue weighted by Crippen LogP contribution is -2.15. The fourth-order valence-electron chi connectivity index (χ4n) is 3.27. The molecule has 4 heterocycles. The largest absolute Gasteiger partial charge is 0.453 e. The molecular weight excluding hydrogens is 328 g/mol. The second kappa shape index (κ2) is 5.94. The molecule has 0 unspecified atom stereocenters. The van der Waals surface area contributed by atoms with Gasteiger partial charge in [0.05, 0.1) is 17.9 Å². The van der Waals surface area contributed by atoms with E-state index in [4.69, 9.17) is 4.42 Å². The molecule has 1 atom stereocenters. The maximum absolute atomic E-state index is 5.91. The predicted molar refractivity (Wildman–Crippen MR) is 95.1 cm³/mol. The van der Waals surface area contributed by atoms with Gasteiger partial charge in [0.2, 0.25) is 0 Å². The van der Waals surface area contributed by atoms with Gasteiger partial charge in [0.1, 0.15) is 11.4 Å². The third-order valence-corrected chi connectivity index (χ3v) is 4.73.